The first kappa shape index (κ1) is 9.26. The molecule has 0 saturated carbocycles. The lowest BCUT2D eigenvalue weighted by Crippen LogP contribution is -2.26. The third-order valence-electron chi connectivity index (χ3n) is 2.68. The molecule has 0 radical (unpaired) electrons. The fourth-order valence-electron chi connectivity index (χ4n) is 1.86. The molecule has 0 N–H and O–H groups in total. The van der Waals surface area contributed by atoms with E-state index >= 15 is 0 Å². The lowest BCUT2D eigenvalue weighted by Gasteiger charge is -2.12. The van der Waals surface area contributed by atoms with Gasteiger partial charge in [0.05, 0.1) is 0 Å². The lowest BCUT2D eigenvalue weighted by atomic mass is 9.92. The van der Waals surface area contributed by atoms with Crippen molar-refractivity contribution in [3.63, 3.8) is 0 Å². The van der Waals surface area contributed by atoms with Crippen LogP contribution in [-0.2, 0) is 0 Å². The summed E-state index contributed by atoms with van der Waals surface area (Å²) in [5, 5.41) is 2.70. The molecule has 1 aliphatic rings. The average molecular weight is 184 g/mol. The van der Waals surface area contributed by atoms with Crippen LogP contribution in [0.15, 0.2) is 36.4 Å². The second kappa shape index (κ2) is 3.13. The van der Waals surface area contributed by atoms with E-state index in [9.17, 15) is 0 Å². The van der Waals surface area contributed by atoms with Crippen LogP contribution in [0.5, 0.6) is 0 Å². The molecule has 72 valence electrons. The quantitative estimate of drug-likeness (QED) is 0.580. The van der Waals surface area contributed by atoms with Crippen LogP contribution in [0.25, 0.3) is 11.6 Å². The fourth-order valence-corrected chi connectivity index (χ4v) is 1.86. The van der Waals surface area contributed by atoms with Gasteiger partial charge in [0.2, 0.25) is 0 Å². The van der Waals surface area contributed by atoms with Crippen LogP contribution in [0.2, 0.25) is 0 Å². The summed E-state index contributed by atoms with van der Waals surface area (Å²) < 4.78 is 0. The summed E-state index contributed by atoms with van der Waals surface area (Å²) in [6.45, 7) is 6.64. The van der Waals surface area contributed by atoms with E-state index in [1.54, 1.807) is 0 Å². The van der Waals surface area contributed by atoms with Crippen LogP contribution in [0.4, 0.5) is 0 Å². The van der Waals surface area contributed by atoms with Gasteiger partial charge < -0.3 is 0 Å². The number of hydrogen-bond acceptors (Lipinski definition) is 0. The van der Waals surface area contributed by atoms with Crippen molar-refractivity contribution in [3.8, 4) is 0 Å². The summed E-state index contributed by atoms with van der Waals surface area (Å²) in [5.41, 5.74) is 1.51. The van der Waals surface area contributed by atoms with E-state index in [-0.39, 0.29) is 5.41 Å². The summed E-state index contributed by atoms with van der Waals surface area (Å²) in [4.78, 5) is 0. The summed E-state index contributed by atoms with van der Waals surface area (Å²) >= 11 is 0. The second-order valence-electron chi connectivity index (χ2n) is 4.57. The summed E-state index contributed by atoms with van der Waals surface area (Å²) in [5.74, 6) is 0. The molecule has 0 aliphatic heterocycles. The van der Waals surface area contributed by atoms with Crippen molar-refractivity contribution < 1.29 is 0 Å². The van der Waals surface area contributed by atoms with E-state index in [2.05, 4.69) is 63.3 Å². The van der Waals surface area contributed by atoms with E-state index in [4.69, 9.17) is 0 Å². The zero-order valence-electron chi connectivity index (χ0n) is 9.04. The number of hydrogen-bond donors (Lipinski definition) is 0. The second-order valence-corrected chi connectivity index (χ2v) is 4.57. The van der Waals surface area contributed by atoms with Gasteiger partial charge in [0.25, 0.3) is 0 Å². The third-order valence-corrected chi connectivity index (χ3v) is 2.68. The van der Waals surface area contributed by atoms with Crippen LogP contribution in [0, 0.1) is 5.41 Å². The topological polar surface area (TPSA) is 0 Å². The Balaban J connectivity index is 2.86. The summed E-state index contributed by atoms with van der Waals surface area (Å²) in [7, 11) is 0. The average Bonchev–Trinajstić information content (AvgIpc) is 2.25. The number of allylic oxidation sites excluding steroid dienone is 2. The molecule has 2 rings (SSSR count). The molecule has 0 unspecified atom stereocenters. The molecule has 0 aromatic heterocycles. The van der Waals surface area contributed by atoms with E-state index in [1.807, 2.05) is 0 Å². The highest BCUT2D eigenvalue weighted by molar-refractivity contribution is 5.58. The lowest BCUT2D eigenvalue weighted by molar-refractivity contribution is 0.670. The van der Waals surface area contributed by atoms with Gasteiger partial charge in [0.15, 0.2) is 0 Å². The minimum Gasteiger partial charge on any atom is -0.0748 e. The van der Waals surface area contributed by atoms with Gasteiger partial charge in [0, 0.05) is 5.41 Å². The van der Waals surface area contributed by atoms with Gasteiger partial charge in [0.1, 0.15) is 0 Å². The van der Waals surface area contributed by atoms with Crippen molar-refractivity contribution in [2.75, 3.05) is 0 Å². The highest BCUT2D eigenvalue weighted by Crippen LogP contribution is 2.20. The Hall–Kier alpha value is -1.30. The van der Waals surface area contributed by atoms with Gasteiger partial charge in [-0.2, -0.15) is 0 Å². The first-order valence-electron chi connectivity index (χ1n) is 5.07. The van der Waals surface area contributed by atoms with Gasteiger partial charge >= 0.3 is 0 Å². The minimum atomic E-state index is 0.161. The third kappa shape index (κ3) is 1.65. The Morgan fingerprint density at radius 3 is 2.57 bits per heavy atom. The highest BCUT2D eigenvalue weighted by Gasteiger charge is 2.11. The zero-order valence-corrected chi connectivity index (χ0v) is 9.04. The van der Waals surface area contributed by atoms with Gasteiger partial charge in [-0.3, -0.25) is 0 Å². The maximum Gasteiger partial charge on any atom is 0.00168 e. The van der Waals surface area contributed by atoms with Crippen molar-refractivity contribution in [2.45, 2.75) is 20.8 Å². The van der Waals surface area contributed by atoms with Gasteiger partial charge in [-0.25, -0.2) is 0 Å². The van der Waals surface area contributed by atoms with Crippen LogP contribution < -0.4 is 10.4 Å². The Labute approximate surface area is 85.3 Å². The molecular formula is C14H16. The predicted molar refractivity (Wildman–Crippen MR) is 62.2 cm³/mol. The number of benzene rings is 1. The Morgan fingerprint density at radius 1 is 1.07 bits per heavy atom. The van der Waals surface area contributed by atoms with Crippen molar-refractivity contribution in [1.82, 2.24) is 0 Å². The first-order valence-corrected chi connectivity index (χ1v) is 5.07. The normalized spacial score (nSPS) is 18.4. The number of rotatable bonds is 0. The summed E-state index contributed by atoms with van der Waals surface area (Å²) in [6, 6.07) is 8.58. The van der Waals surface area contributed by atoms with E-state index < -0.39 is 0 Å². The molecule has 0 spiro atoms. The molecule has 1 aliphatic carbocycles. The molecule has 1 aromatic rings. The predicted octanol–water partition coefficient (Wildman–Crippen LogP) is 2.23. The maximum absolute atomic E-state index is 2.33. The molecule has 0 bridgehead atoms. The molecule has 0 amide bonds. The molecule has 0 heterocycles. The SMILES string of the molecule is CC1=c2ccccc2=CC(C)(C)C=C1. The molecule has 0 saturated heterocycles. The van der Waals surface area contributed by atoms with Crippen molar-refractivity contribution in [2.24, 2.45) is 5.41 Å². The van der Waals surface area contributed by atoms with Gasteiger partial charge in [-0.15, -0.1) is 0 Å². The van der Waals surface area contributed by atoms with Crippen LogP contribution in [0.1, 0.15) is 20.8 Å². The molecular weight excluding hydrogens is 168 g/mol. The van der Waals surface area contributed by atoms with Crippen LogP contribution in [0.3, 0.4) is 0 Å². The highest BCUT2D eigenvalue weighted by atomic mass is 14.2. The van der Waals surface area contributed by atoms with E-state index in [0.29, 0.717) is 0 Å². The van der Waals surface area contributed by atoms with Gasteiger partial charge in [-0.1, -0.05) is 56.3 Å². The van der Waals surface area contributed by atoms with Crippen molar-refractivity contribution >= 4 is 11.6 Å². The number of fused-ring (bicyclic) bond motifs is 1. The standard InChI is InChI=1S/C14H16/c1-11-8-9-14(2,3)10-12-6-4-5-7-13(11)12/h4-10H,1-3H3. The maximum atomic E-state index is 2.33. The molecule has 0 atom stereocenters. The van der Waals surface area contributed by atoms with Gasteiger partial charge in [-0.05, 0) is 22.9 Å². The van der Waals surface area contributed by atoms with E-state index in [1.165, 1.54) is 16.0 Å². The van der Waals surface area contributed by atoms with Crippen molar-refractivity contribution in [3.05, 3.63) is 46.9 Å². The molecule has 0 nitrogen and oxygen atoms in total. The Bertz CT molecular complexity index is 487. The largest absolute Gasteiger partial charge is 0.0748 e. The smallest absolute Gasteiger partial charge is 0.00168 e. The zero-order chi connectivity index (χ0) is 10.2. The fraction of sp³-hybridized carbons (Fsp3) is 0.286. The van der Waals surface area contributed by atoms with E-state index in [0.717, 1.165) is 0 Å². The molecule has 0 heteroatoms. The molecule has 14 heavy (non-hydrogen) atoms. The molecule has 1 aromatic carbocycles. The Kier molecular flexibility index (Phi) is 2.07. The monoisotopic (exact) mass is 184 g/mol. The molecule has 0 fully saturated rings. The summed E-state index contributed by atoms with van der Waals surface area (Å²) in [6.07, 6.45) is 6.82. The van der Waals surface area contributed by atoms with Crippen LogP contribution in [-0.4, -0.2) is 0 Å². The minimum absolute atomic E-state index is 0.161. The Morgan fingerprint density at radius 2 is 1.79 bits per heavy atom. The van der Waals surface area contributed by atoms with Crippen LogP contribution >= 0.6 is 0 Å². The first-order chi connectivity index (χ1) is 6.58. The van der Waals surface area contributed by atoms with Crippen molar-refractivity contribution in [1.29, 1.82) is 0 Å².